The van der Waals surface area contributed by atoms with Gasteiger partial charge in [-0.1, -0.05) is 31.2 Å². The highest BCUT2D eigenvalue weighted by atomic mass is 19.1. The van der Waals surface area contributed by atoms with Gasteiger partial charge in [-0.15, -0.1) is 0 Å². The van der Waals surface area contributed by atoms with Crippen molar-refractivity contribution in [2.24, 2.45) is 5.41 Å². The number of urea groups is 1. The Labute approximate surface area is 170 Å². The molecule has 1 saturated heterocycles. The molecule has 2 N–H and O–H groups in total. The summed E-state index contributed by atoms with van der Waals surface area (Å²) in [6.45, 7) is 3.25. The van der Waals surface area contributed by atoms with Crippen LogP contribution in [0, 0.1) is 11.2 Å². The third kappa shape index (κ3) is 5.04. The minimum absolute atomic E-state index is 0.0494. The number of carbonyl (C=O) groups excluding carboxylic acids is 2. The third-order valence-corrected chi connectivity index (χ3v) is 5.42. The summed E-state index contributed by atoms with van der Waals surface area (Å²) in [6.07, 6.45) is 1.14. The summed E-state index contributed by atoms with van der Waals surface area (Å²) in [7, 11) is 1.56. The lowest BCUT2D eigenvalue weighted by Gasteiger charge is -2.38. The van der Waals surface area contributed by atoms with Crippen molar-refractivity contribution in [2.45, 2.75) is 26.3 Å². The standard InChI is InChI=1S/C22H26FN3O3/c1-22(20(27)24-15-16-7-9-17(23)10-8-16)11-13-26(14-12-22)21(28)25-18-5-3-4-6-19(18)29-2/h3-10H,11-15H2,1-2H3,(H,24,27)(H,25,28). The van der Waals surface area contributed by atoms with Gasteiger partial charge in [0.05, 0.1) is 12.8 Å². The second kappa shape index (κ2) is 8.94. The number of benzene rings is 2. The molecule has 1 aliphatic heterocycles. The van der Waals surface area contributed by atoms with E-state index in [9.17, 15) is 14.0 Å². The molecule has 3 amide bonds. The van der Waals surface area contributed by atoms with Crippen molar-refractivity contribution in [1.82, 2.24) is 10.2 Å². The van der Waals surface area contributed by atoms with Gasteiger partial charge in [0.25, 0.3) is 0 Å². The smallest absolute Gasteiger partial charge is 0.321 e. The number of piperidine rings is 1. The van der Waals surface area contributed by atoms with Crippen molar-refractivity contribution in [3.8, 4) is 5.75 Å². The first kappa shape index (κ1) is 20.6. The molecule has 3 rings (SSSR count). The minimum Gasteiger partial charge on any atom is -0.495 e. The highest BCUT2D eigenvalue weighted by Crippen LogP contribution is 2.32. The van der Waals surface area contributed by atoms with Gasteiger partial charge >= 0.3 is 6.03 Å². The molecule has 0 spiro atoms. The first-order chi connectivity index (χ1) is 13.9. The number of amides is 3. The topological polar surface area (TPSA) is 70.7 Å². The van der Waals surface area contributed by atoms with Gasteiger partial charge in [0.2, 0.25) is 5.91 Å². The summed E-state index contributed by atoms with van der Waals surface area (Å²) in [5.41, 5.74) is 0.920. The minimum atomic E-state index is -0.540. The van der Waals surface area contributed by atoms with Crippen LogP contribution >= 0.6 is 0 Å². The van der Waals surface area contributed by atoms with Crippen LogP contribution in [0.15, 0.2) is 48.5 Å². The molecule has 7 heteroatoms. The molecular weight excluding hydrogens is 373 g/mol. The molecule has 154 valence electrons. The molecule has 1 fully saturated rings. The van der Waals surface area contributed by atoms with E-state index >= 15 is 0 Å². The Balaban J connectivity index is 1.52. The molecule has 6 nitrogen and oxygen atoms in total. The fraction of sp³-hybridized carbons (Fsp3) is 0.364. The van der Waals surface area contributed by atoms with E-state index in [2.05, 4.69) is 10.6 Å². The van der Waals surface area contributed by atoms with Crippen LogP contribution in [0.3, 0.4) is 0 Å². The van der Waals surface area contributed by atoms with E-state index in [1.165, 1.54) is 12.1 Å². The molecule has 0 unspecified atom stereocenters. The lowest BCUT2D eigenvalue weighted by molar-refractivity contribution is -0.132. The number of hydrogen-bond acceptors (Lipinski definition) is 3. The van der Waals surface area contributed by atoms with Crippen LogP contribution in [0.2, 0.25) is 0 Å². The number of likely N-dealkylation sites (tertiary alicyclic amines) is 1. The van der Waals surface area contributed by atoms with E-state index in [1.54, 1.807) is 36.3 Å². The van der Waals surface area contributed by atoms with Gasteiger partial charge in [0, 0.05) is 25.0 Å². The number of nitrogens with zero attached hydrogens (tertiary/aromatic N) is 1. The summed E-state index contributed by atoms with van der Waals surface area (Å²) < 4.78 is 18.2. The number of para-hydroxylation sites is 2. The van der Waals surface area contributed by atoms with E-state index in [0.29, 0.717) is 43.9 Å². The summed E-state index contributed by atoms with van der Waals surface area (Å²) in [5, 5.41) is 5.80. The summed E-state index contributed by atoms with van der Waals surface area (Å²) in [4.78, 5) is 27.0. The molecule has 1 heterocycles. The number of carbonyl (C=O) groups is 2. The predicted molar refractivity (Wildman–Crippen MR) is 109 cm³/mol. The molecule has 0 bridgehead atoms. The van der Waals surface area contributed by atoms with Crippen LogP contribution in [0.25, 0.3) is 0 Å². The first-order valence-electron chi connectivity index (χ1n) is 9.63. The highest BCUT2D eigenvalue weighted by Gasteiger charge is 2.38. The van der Waals surface area contributed by atoms with Crippen molar-refractivity contribution < 1.29 is 18.7 Å². The molecular formula is C22H26FN3O3. The maximum absolute atomic E-state index is 13.0. The normalized spacial score (nSPS) is 15.5. The quantitative estimate of drug-likeness (QED) is 0.804. The van der Waals surface area contributed by atoms with Gasteiger partial charge in [-0.05, 0) is 42.7 Å². The Hall–Kier alpha value is -3.09. The third-order valence-electron chi connectivity index (χ3n) is 5.42. The maximum atomic E-state index is 13.0. The number of nitrogens with one attached hydrogen (secondary N) is 2. The van der Waals surface area contributed by atoms with Crippen molar-refractivity contribution in [1.29, 1.82) is 0 Å². The van der Waals surface area contributed by atoms with Gasteiger partial charge in [0.15, 0.2) is 0 Å². The second-order valence-corrected chi connectivity index (χ2v) is 7.49. The second-order valence-electron chi connectivity index (χ2n) is 7.49. The van der Waals surface area contributed by atoms with Crippen LogP contribution in [-0.4, -0.2) is 37.0 Å². The van der Waals surface area contributed by atoms with Gasteiger partial charge in [-0.25, -0.2) is 9.18 Å². The van der Waals surface area contributed by atoms with Crippen LogP contribution in [0.4, 0.5) is 14.9 Å². The number of ether oxygens (including phenoxy) is 1. The number of rotatable bonds is 5. The lowest BCUT2D eigenvalue weighted by atomic mass is 9.79. The Morgan fingerprint density at radius 3 is 2.41 bits per heavy atom. The van der Waals surface area contributed by atoms with E-state index in [4.69, 9.17) is 4.74 Å². The zero-order valence-electron chi connectivity index (χ0n) is 16.7. The van der Waals surface area contributed by atoms with Gasteiger partial charge in [-0.3, -0.25) is 4.79 Å². The largest absolute Gasteiger partial charge is 0.495 e. The molecule has 0 aromatic heterocycles. The van der Waals surface area contributed by atoms with E-state index in [-0.39, 0.29) is 17.8 Å². The first-order valence-corrected chi connectivity index (χ1v) is 9.63. The zero-order chi connectivity index (χ0) is 20.9. The molecule has 0 radical (unpaired) electrons. The monoisotopic (exact) mass is 399 g/mol. The average molecular weight is 399 g/mol. The van der Waals surface area contributed by atoms with Crippen LogP contribution in [0.1, 0.15) is 25.3 Å². The van der Waals surface area contributed by atoms with Crippen molar-refractivity contribution in [2.75, 3.05) is 25.5 Å². The van der Waals surface area contributed by atoms with E-state index in [0.717, 1.165) is 5.56 Å². The molecule has 1 aliphatic rings. The molecule has 0 saturated carbocycles. The van der Waals surface area contributed by atoms with Gasteiger partial charge in [-0.2, -0.15) is 0 Å². The predicted octanol–water partition coefficient (Wildman–Crippen LogP) is 3.78. The van der Waals surface area contributed by atoms with Crippen molar-refractivity contribution >= 4 is 17.6 Å². The Morgan fingerprint density at radius 2 is 1.76 bits per heavy atom. The van der Waals surface area contributed by atoms with Crippen LogP contribution in [-0.2, 0) is 11.3 Å². The number of hydrogen-bond donors (Lipinski definition) is 2. The summed E-state index contributed by atoms with van der Waals surface area (Å²) in [5.74, 6) is 0.250. The number of halogens is 1. The van der Waals surface area contributed by atoms with Gasteiger partial charge < -0.3 is 20.3 Å². The summed E-state index contributed by atoms with van der Waals surface area (Å²) >= 11 is 0. The van der Waals surface area contributed by atoms with Crippen LogP contribution < -0.4 is 15.4 Å². The number of methoxy groups -OCH3 is 1. The van der Waals surface area contributed by atoms with Crippen molar-refractivity contribution in [3.63, 3.8) is 0 Å². The molecule has 0 aliphatic carbocycles. The Morgan fingerprint density at radius 1 is 1.10 bits per heavy atom. The highest BCUT2D eigenvalue weighted by molar-refractivity contribution is 5.91. The lowest BCUT2D eigenvalue weighted by Crippen LogP contribution is -2.49. The fourth-order valence-electron chi connectivity index (χ4n) is 3.37. The van der Waals surface area contributed by atoms with E-state index in [1.807, 2.05) is 19.1 Å². The van der Waals surface area contributed by atoms with Crippen molar-refractivity contribution in [3.05, 3.63) is 59.9 Å². The number of anilines is 1. The Kier molecular flexibility index (Phi) is 6.36. The van der Waals surface area contributed by atoms with Crippen LogP contribution in [0.5, 0.6) is 5.75 Å². The maximum Gasteiger partial charge on any atom is 0.321 e. The Bertz CT molecular complexity index is 862. The van der Waals surface area contributed by atoms with E-state index < -0.39 is 5.41 Å². The molecule has 0 atom stereocenters. The molecule has 2 aromatic carbocycles. The SMILES string of the molecule is COc1ccccc1NC(=O)N1CCC(C)(C(=O)NCc2ccc(F)cc2)CC1. The summed E-state index contributed by atoms with van der Waals surface area (Å²) in [6, 6.07) is 13.1. The zero-order valence-corrected chi connectivity index (χ0v) is 16.7. The molecule has 2 aromatic rings. The average Bonchev–Trinajstić information content (AvgIpc) is 2.74. The van der Waals surface area contributed by atoms with Gasteiger partial charge in [0.1, 0.15) is 11.6 Å². The molecule has 29 heavy (non-hydrogen) atoms. The fourth-order valence-corrected chi connectivity index (χ4v) is 3.37.